The molecule has 0 radical (unpaired) electrons. The van der Waals surface area contributed by atoms with Crippen molar-refractivity contribution in [1.29, 1.82) is 0 Å². The Kier molecular flexibility index (Phi) is 8.13. The van der Waals surface area contributed by atoms with Gasteiger partial charge >= 0.3 is 43.1 Å². The van der Waals surface area contributed by atoms with Crippen LogP contribution in [0.1, 0.15) is 17.3 Å². The first-order valence-corrected chi connectivity index (χ1v) is 11.2. The molecule has 2 heterocycles. The van der Waals surface area contributed by atoms with Crippen LogP contribution >= 0.6 is 7.82 Å². The van der Waals surface area contributed by atoms with Crippen molar-refractivity contribution in [2.24, 2.45) is 5.73 Å². The van der Waals surface area contributed by atoms with Crippen LogP contribution < -0.4 is 51.7 Å². The standard InChI is InChI=1S/C20H19N6O7P.Na.H/c1-11-9-22-19(24-13-4-2-12(3-5-13)17(21)27)25-18(11)23-14-6-7-16-15(8-14)26(20(28)33-16)10-32-34(29,30)31;;/h2-9H,10H2,1H3,(H2,21,27)(H2,29,30,31)(H2,22,23,24,25);;/q;+1;-1. The average molecular weight is 510 g/mol. The van der Waals surface area contributed by atoms with E-state index in [1.54, 1.807) is 49.5 Å². The number of amides is 1. The molecule has 0 bridgehead atoms. The van der Waals surface area contributed by atoms with E-state index in [4.69, 9.17) is 19.9 Å². The van der Waals surface area contributed by atoms with Gasteiger partial charge in [0.2, 0.25) is 11.9 Å². The number of hydrogen-bond acceptors (Lipinski definition) is 9. The first-order chi connectivity index (χ1) is 16.1. The molecular formula is C20H20N6NaO7P. The van der Waals surface area contributed by atoms with Crippen molar-refractivity contribution in [3.63, 3.8) is 0 Å². The van der Waals surface area contributed by atoms with E-state index in [-0.39, 0.29) is 48.0 Å². The van der Waals surface area contributed by atoms with E-state index >= 15 is 0 Å². The zero-order valence-corrected chi connectivity index (χ0v) is 21.5. The summed E-state index contributed by atoms with van der Waals surface area (Å²) >= 11 is 0. The first kappa shape index (κ1) is 26.6. The molecule has 13 nitrogen and oxygen atoms in total. The number of rotatable bonds is 8. The van der Waals surface area contributed by atoms with Crippen molar-refractivity contribution >= 4 is 48.0 Å². The fourth-order valence-corrected chi connectivity index (χ4v) is 3.27. The number of oxazole rings is 1. The molecule has 0 atom stereocenters. The molecule has 35 heavy (non-hydrogen) atoms. The second kappa shape index (κ2) is 10.7. The van der Waals surface area contributed by atoms with E-state index in [0.717, 1.165) is 10.1 Å². The Morgan fingerprint density at radius 2 is 1.89 bits per heavy atom. The molecule has 0 aliphatic rings. The zero-order chi connectivity index (χ0) is 24.5. The molecule has 0 saturated heterocycles. The molecule has 2 aromatic carbocycles. The number of fused-ring (bicyclic) bond motifs is 1. The number of carbonyl (C=O) groups is 1. The van der Waals surface area contributed by atoms with Gasteiger partial charge in [-0.05, 0) is 49.4 Å². The van der Waals surface area contributed by atoms with Crippen LogP contribution in [0.2, 0.25) is 0 Å². The van der Waals surface area contributed by atoms with E-state index in [9.17, 15) is 14.2 Å². The molecule has 2 aromatic heterocycles. The van der Waals surface area contributed by atoms with Crippen LogP contribution in [0.3, 0.4) is 0 Å². The maximum absolute atomic E-state index is 12.0. The Hall–Kier alpha value is -3.03. The van der Waals surface area contributed by atoms with Crippen LogP contribution in [-0.4, -0.2) is 30.2 Å². The van der Waals surface area contributed by atoms with Crippen molar-refractivity contribution in [3.8, 4) is 0 Å². The topological polar surface area (TPSA) is 195 Å². The molecule has 178 valence electrons. The second-order valence-corrected chi connectivity index (χ2v) is 8.38. The van der Waals surface area contributed by atoms with E-state index in [2.05, 4.69) is 25.1 Å². The van der Waals surface area contributed by atoms with E-state index < -0.39 is 26.2 Å². The quantitative estimate of drug-likeness (QED) is 0.151. The summed E-state index contributed by atoms with van der Waals surface area (Å²) in [5.41, 5.74) is 8.00. The minimum atomic E-state index is -4.78. The van der Waals surface area contributed by atoms with Gasteiger partial charge < -0.3 is 32.0 Å². The molecule has 0 fully saturated rings. The maximum Gasteiger partial charge on any atom is 1.00 e. The minimum absolute atomic E-state index is 0. The number of carbonyl (C=O) groups excluding carboxylic acids is 1. The summed E-state index contributed by atoms with van der Waals surface area (Å²) < 4.78 is 21.5. The van der Waals surface area contributed by atoms with Crippen LogP contribution in [0.5, 0.6) is 0 Å². The smallest absolute Gasteiger partial charge is 1.00 e. The molecular weight excluding hydrogens is 490 g/mol. The number of nitrogens with zero attached hydrogens (tertiary/aromatic N) is 3. The van der Waals surface area contributed by atoms with Crippen LogP contribution in [-0.2, 0) is 15.8 Å². The minimum Gasteiger partial charge on any atom is -1.00 e. The molecule has 1 amide bonds. The molecule has 0 aliphatic heterocycles. The Morgan fingerprint density at radius 3 is 2.54 bits per heavy atom. The summed E-state index contributed by atoms with van der Waals surface area (Å²) in [5.74, 6) is -0.601. The Morgan fingerprint density at radius 1 is 1.20 bits per heavy atom. The Balaban J connectivity index is 0.00000228. The van der Waals surface area contributed by atoms with E-state index in [0.29, 0.717) is 22.8 Å². The van der Waals surface area contributed by atoms with Crippen LogP contribution in [0.4, 0.5) is 23.1 Å². The number of nitrogens with one attached hydrogen (secondary N) is 2. The number of primary amides is 1. The van der Waals surface area contributed by atoms with Crippen molar-refractivity contribution in [2.75, 3.05) is 10.6 Å². The van der Waals surface area contributed by atoms with Crippen LogP contribution in [0.15, 0.2) is 57.9 Å². The number of phosphoric ester groups is 1. The summed E-state index contributed by atoms with van der Waals surface area (Å²) in [5, 5.41) is 6.15. The van der Waals surface area contributed by atoms with E-state index in [1.807, 2.05) is 0 Å². The third-order valence-corrected chi connectivity index (χ3v) is 5.13. The van der Waals surface area contributed by atoms with Gasteiger partial charge in [0.25, 0.3) is 0 Å². The van der Waals surface area contributed by atoms with Crippen molar-refractivity contribution in [2.45, 2.75) is 13.7 Å². The zero-order valence-electron chi connectivity index (χ0n) is 19.6. The molecule has 4 aromatic rings. The third kappa shape index (κ3) is 6.55. The summed E-state index contributed by atoms with van der Waals surface area (Å²) in [7, 11) is -4.78. The van der Waals surface area contributed by atoms with Gasteiger partial charge in [-0.15, -0.1) is 0 Å². The number of aryl methyl sites for hydroxylation is 1. The fraction of sp³-hybridized carbons (Fsp3) is 0.100. The Bertz CT molecular complexity index is 1490. The molecule has 0 spiro atoms. The third-order valence-electron chi connectivity index (χ3n) is 4.68. The monoisotopic (exact) mass is 510 g/mol. The summed E-state index contributed by atoms with van der Waals surface area (Å²) in [6.07, 6.45) is 1.61. The van der Waals surface area contributed by atoms with Crippen molar-refractivity contribution < 1.29 is 59.1 Å². The van der Waals surface area contributed by atoms with Gasteiger partial charge in [-0.3, -0.25) is 9.32 Å². The van der Waals surface area contributed by atoms with Gasteiger partial charge in [0.15, 0.2) is 5.58 Å². The van der Waals surface area contributed by atoms with Crippen molar-refractivity contribution in [3.05, 3.63) is 70.3 Å². The van der Waals surface area contributed by atoms with Gasteiger partial charge in [-0.25, -0.2) is 18.9 Å². The number of benzene rings is 2. The molecule has 0 unspecified atom stereocenters. The van der Waals surface area contributed by atoms with Gasteiger partial charge in [-0.1, -0.05) is 0 Å². The summed E-state index contributed by atoms with van der Waals surface area (Å²) in [4.78, 5) is 49.8. The first-order valence-electron chi connectivity index (χ1n) is 9.70. The van der Waals surface area contributed by atoms with Crippen molar-refractivity contribution in [1.82, 2.24) is 14.5 Å². The molecule has 0 aliphatic carbocycles. The SMILES string of the molecule is Cc1cnc(Nc2ccc(C(N)=O)cc2)nc1Nc1ccc2oc(=O)n(COP(=O)(O)O)c2c1.[H-].[Na+]. The van der Waals surface area contributed by atoms with Crippen LogP contribution in [0.25, 0.3) is 11.1 Å². The number of anilines is 4. The number of phosphoric acid groups is 1. The largest absolute Gasteiger partial charge is 1.00 e. The average Bonchev–Trinajstić information content (AvgIpc) is 3.09. The predicted molar refractivity (Wildman–Crippen MR) is 123 cm³/mol. The Labute approximate surface area is 221 Å². The molecule has 15 heteroatoms. The maximum atomic E-state index is 12.0. The van der Waals surface area contributed by atoms with Gasteiger partial charge in [0.1, 0.15) is 12.5 Å². The molecule has 6 N–H and O–H groups in total. The second-order valence-electron chi connectivity index (χ2n) is 7.14. The summed E-state index contributed by atoms with van der Waals surface area (Å²) in [6, 6.07) is 11.2. The summed E-state index contributed by atoms with van der Waals surface area (Å²) in [6.45, 7) is 1.11. The normalized spacial score (nSPS) is 11.2. The van der Waals surface area contributed by atoms with E-state index in [1.165, 1.54) is 6.07 Å². The van der Waals surface area contributed by atoms with Gasteiger partial charge in [0, 0.05) is 28.7 Å². The molecule has 4 rings (SSSR count). The number of nitrogens with two attached hydrogens (primary N) is 1. The fourth-order valence-electron chi connectivity index (χ4n) is 3.01. The van der Waals surface area contributed by atoms with Crippen LogP contribution in [0, 0.1) is 6.92 Å². The number of aromatic nitrogens is 3. The van der Waals surface area contributed by atoms with Gasteiger partial charge in [0.05, 0.1) is 5.52 Å². The molecule has 0 saturated carbocycles. The number of hydrogen-bond donors (Lipinski definition) is 5. The predicted octanol–water partition coefficient (Wildman–Crippen LogP) is -0.538. The van der Waals surface area contributed by atoms with Gasteiger partial charge in [-0.2, -0.15) is 4.98 Å².